The summed E-state index contributed by atoms with van der Waals surface area (Å²) in [5.41, 5.74) is 15.7. The van der Waals surface area contributed by atoms with Crippen LogP contribution in [-0.4, -0.2) is 40.8 Å². The molecule has 0 heterocycles. The lowest BCUT2D eigenvalue weighted by Gasteiger charge is -2.22. The zero-order chi connectivity index (χ0) is 16.3. The standard InChI is InChI=1S/C9H17NO2.C5H12N2O2/c10-8(9(11)12)6-7-4-2-1-3-5-7;6-3-1-2-4(7)5(8)9/h7-8H,1-6,10H2,(H,11,12);4H,1-3,6-7H2,(H,8,9)/t8-;4-/m00/s1. The minimum Gasteiger partial charge on any atom is -0.480 e. The predicted molar refractivity (Wildman–Crippen MR) is 80.7 cm³/mol. The average Bonchev–Trinajstić information content (AvgIpc) is 2.46. The molecule has 1 rings (SSSR count). The van der Waals surface area contributed by atoms with Gasteiger partial charge in [-0.15, -0.1) is 0 Å². The summed E-state index contributed by atoms with van der Waals surface area (Å²) >= 11 is 0. The summed E-state index contributed by atoms with van der Waals surface area (Å²) < 4.78 is 0. The monoisotopic (exact) mass is 303 g/mol. The maximum atomic E-state index is 10.4. The van der Waals surface area contributed by atoms with E-state index in [1.807, 2.05) is 0 Å². The lowest BCUT2D eigenvalue weighted by atomic mass is 9.85. The van der Waals surface area contributed by atoms with Crippen LogP contribution in [0.4, 0.5) is 0 Å². The predicted octanol–water partition coefficient (Wildman–Crippen LogP) is 0.506. The Morgan fingerprint density at radius 3 is 1.95 bits per heavy atom. The van der Waals surface area contributed by atoms with Gasteiger partial charge in [0, 0.05) is 0 Å². The van der Waals surface area contributed by atoms with Gasteiger partial charge in [-0.1, -0.05) is 32.1 Å². The van der Waals surface area contributed by atoms with E-state index in [4.69, 9.17) is 27.4 Å². The Labute approximate surface area is 125 Å². The van der Waals surface area contributed by atoms with E-state index < -0.39 is 24.0 Å². The van der Waals surface area contributed by atoms with Crippen LogP contribution in [0.3, 0.4) is 0 Å². The van der Waals surface area contributed by atoms with E-state index in [1.165, 1.54) is 32.1 Å². The molecule has 0 spiro atoms. The summed E-state index contributed by atoms with van der Waals surface area (Å²) in [7, 11) is 0. The van der Waals surface area contributed by atoms with Gasteiger partial charge >= 0.3 is 11.9 Å². The number of hydrogen-bond acceptors (Lipinski definition) is 5. The van der Waals surface area contributed by atoms with Gasteiger partial charge in [-0.2, -0.15) is 0 Å². The van der Waals surface area contributed by atoms with Gasteiger partial charge in [-0.25, -0.2) is 0 Å². The molecule has 1 aliphatic rings. The van der Waals surface area contributed by atoms with Crippen molar-refractivity contribution in [2.75, 3.05) is 6.54 Å². The molecule has 0 aliphatic heterocycles. The minimum absolute atomic E-state index is 0.464. The second kappa shape index (κ2) is 11.5. The Hall–Kier alpha value is -1.18. The fraction of sp³-hybridized carbons (Fsp3) is 0.857. The van der Waals surface area contributed by atoms with Crippen molar-refractivity contribution in [3.63, 3.8) is 0 Å². The SMILES string of the molecule is NCCC[C@H](N)C(=O)O.N[C@@H](CC1CCCCC1)C(=O)O. The van der Waals surface area contributed by atoms with Crippen LogP contribution in [0.25, 0.3) is 0 Å². The van der Waals surface area contributed by atoms with Crippen LogP contribution in [0.1, 0.15) is 51.4 Å². The van der Waals surface area contributed by atoms with E-state index in [1.54, 1.807) is 0 Å². The maximum Gasteiger partial charge on any atom is 0.320 e. The Bertz CT molecular complexity index is 307. The Morgan fingerprint density at radius 2 is 1.52 bits per heavy atom. The molecule has 2 atom stereocenters. The van der Waals surface area contributed by atoms with Crippen molar-refractivity contribution in [3.05, 3.63) is 0 Å². The third-order valence-electron chi connectivity index (χ3n) is 3.67. The molecule has 7 heteroatoms. The molecule has 21 heavy (non-hydrogen) atoms. The topological polar surface area (TPSA) is 153 Å². The molecule has 0 aromatic rings. The van der Waals surface area contributed by atoms with Gasteiger partial charge < -0.3 is 27.4 Å². The van der Waals surface area contributed by atoms with Crippen molar-refractivity contribution >= 4 is 11.9 Å². The fourth-order valence-electron chi connectivity index (χ4n) is 2.34. The molecule has 1 saturated carbocycles. The van der Waals surface area contributed by atoms with E-state index in [9.17, 15) is 9.59 Å². The summed E-state index contributed by atoms with van der Waals surface area (Å²) in [5.74, 6) is -1.26. The van der Waals surface area contributed by atoms with Crippen molar-refractivity contribution in [1.82, 2.24) is 0 Å². The molecular weight excluding hydrogens is 274 g/mol. The van der Waals surface area contributed by atoms with Crippen LogP contribution in [0, 0.1) is 5.92 Å². The zero-order valence-electron chi connectivity index (χ0n) is 12.5. The highest BCUT2D eigenvalue weighted by molar-refractivity contribution is 5.73. The number of carboxylic acid groups (broad SMARTS) is 2. The first-order valence-electron chi connectivity index (χ1n) is 7.55. The second-order valence-electron chi connectivity index (χ2n) is 5.56. The van der Waals surface area contributed by atoms with Gasteiger partial charge in [0.1, 0.15) is 12.1 Å². The highest BCUT2D eigenvalue weighted by atomic mass is 16.4. The molecule has 0 aromatic heterocycles. The molecule has 7 nitrogen and oxygen atoms in total. The van der Waals surface area contributed by atoms with Crippen molar-refractivity contribution in [3.8, 4) is 0 Å². The van der Waals surface area contributed by atoms with Crippen LogP contribution < -0.4 is 17.2 Å². The van der Waals surface area contributed by atoms with Gasteiger partial charge in [-0.05, 0) is 31.7 Å². The summed E-state index contributed by atoms with van der Waals surface area (Å²) in [5, 5.41) is 16.8. The molecule has 124 valence electrons. The molecular formula is C14H29N3O4. The summed E-state index contributed by atoms with van der Waals surface area (Å²) in [6.45, 7) is 0.501. The van der Waals surface area contributed by atoms with Gasteiger partial charge in [0.25, 0.3) is 0 Å². The quantitative estimate of drug-likeness (QED) is 0.459. The number of carboxylic acids is 2. The van der Waals surface area contributed by atoms with Crippen LogP contribution >= 0.6 is 0 Å². The number of rotatable bonds is 7. The third-order valence-corrected chi connectivity index (χ3v) is 3.67. The summed E-state index contributed by atoms with van der Waals surface area (Å²) in [4.78, 5) is 20.5. The lowest BCUT2D eigenvalue weighted by Crippen LogP contribution is -2.32. The first kappa shape index (κ1) is 19.8. The van der Waals surface area contributed by atoms with E-state index >= 15 is 0 Å². The Kier molecular flexibility index (Phi) is 10.8. The molecule has 8 N–H and O–H groups in total. The van der Waals surface area contributed by atoms with E-state index in [0.29, 0.717) is 31.7 Å². The fourth-order valence-corrected chi connectivity index (χ4v) is 2.34. The first-order valence-corrected chi connectivity index (χ1v) is 7.55. The van der Waals surface area contributed by atoms with Crippen LogP contribution in [0.15, 0.2) is 0 Å². The van der Waals surface area contributed by atoms with Crippen LogP contribution in [0.2, 0.25) is 0 Å². The van der Waals surface area contributed by atoms with Crippen molar-refractivity contribution in [1.29, 1.82) is 0 Å². The maximum absolute atomic E-state index is 10.4. The highest BCUT2D eigenvalue weighted by Gasteiger charge is 2.20. The van der Waals surface area contributed by atoms with Gasteiger partial charge in [0.05, 0.1) is 0 Å². The smallest absolute Gasteiger partial charge is 0.320 e. The van der Waals surface area contributed by atoms with Crippen LogP contribution in [0.5, 0.6) is 0 Å². The van der Waals surface area contributed by atoms with E-state index in [-0.39, 0.29) is 0 Å². The van der Waals surface area contributed by atoms with Gasteiger partial charge in [-0.3, -0.25) is 9.59 Å². The van der Waals surface area contributed by atoms with E-state index in [2.05, 4.69) is 0 Å². The van der Waals surface area contributed by atoms with Crippen LogP contribution in [-0.2, 0) is 9.59 Å². The lowest BCUT2D eigenvalue weighted by molar-refractivity contribution is -0.139. The second-order valence-corrected chi connectivity index (χ2v) is 5.56. The summed E-state index contributed by atoms with van der Waals surface area (Å²) in [6, 6.07) is -1.39. The molecule has 0 radical (unpaired) electrons. The number of carbonyl (C=O) groups is 2. The zero-order valence-corrected chi connectivity index (χ0v) is 12.5. The molecule has 0 aromatic carbocycles. The van der Waals surface area contributed by atoms with Crippen molar-refractivity contribution < 1.29 is 19.8 Å². The van der Waals surface area contributed by atoms with Crippen molar-refractivity contribution in [2.24, 2.45) is 23.1 Å². The average molecular weight is 303 g/mol. The largest absolute Gasteiger partial charge is 0.480 e. The molecule has 1 aliphatic carbocycles. The third kappa shape index (κ3) is 10.2. The minimum atomic E-state index is -0.955. The number of nitrogens with two attached hydrogens (primary N) is 3. The Balaban J connectivity index is 0.000000400. The number of hydrogen-bond donors (Lipinski definition) is 5. The number of aliphatic carboxylic acids is 2. The van der Waals surface area contributed by atoms with Crippen molar-refractivity contribution in [2.45, 2.75) is 63.5 Å². The van der Waals surface area contributed by atoms with Gasteiger partial charge in [0.15, 0.2) is 0 Å². The molecule has 1 fully saturated rings. The Morgan fingerprint density at radius 1 is 1.00 bits per heavy atom. The first-order chi connectivity index (χ1) is 9.88. The normalized spacial score (nSPS) is 18.2. The molecule has 0 bridgehead atoms. The highest BCUT2D eigenvalue weighted by Crippen LogP contribution is 2.26. The summed E-state index contributed by atoms with van der Waals surface area (Å²) in [6.07, 6.45) is 7.93. The van der Waals surface area contributed by atoms with E-state index in [0.717, 1.165) is 0 Å². The molecule has 0 amide bonds. The molecule has 0 saturated heterocycles. The van der Waals surface area contributed by atoms with Gasteiger partial charge in [0.2, 0.25) is 0 Å². The molecule has 0 unspecified atom stereocenters.